The van der Waals surface area contributed by atoms with Crippen molar-refractivity contribution >= 4 is 34.3 Å². The molecule has 0 radical (unpaired) electrons. The molecule has 180 valence electrons. The third-order valence-corrected chi connectivity index (χ3v) is 6.99. The van der Waals surface area contributed by atoms with E-state index >= 15 is 0 Å². The SMILES string of the molecule is COC(=O)c1ccc2c(=O)n(CC3CCCO3)c(SCc3cc(=O)n4ccc(C)cc4n3)nc2c1. The van der Waals surface area contributed by atoms with Gasteiger partial charge in [-0.2, -0.15) is 0 Å². The van der Waals surface area contributed by atoms with Gasteiger partial charge >= 0.3 is 5.97 Å². The van der Waals surface area contributed by atoms with Gasteiger partial charge in [0, 0.05) is 24.6 Å². The average Bonchev–Trinajstić information content (AvgIpc) is 3.37. The van der Waals surface area contributed by atoms with E-state index in [1.54, 1.807) is 29.0 Å². The minimum Gasteiger partial charge on any atom is -0.465 e. The number of carbonyl (C=O) groups excluding carboxylic acids is 1. The smallest absolute Gasteiger partial charge is 0.337 e. The zero-order valence-corrected chi connectivity index (χ0v) is 20.2. The van der Waals surface area contributed by atoms with Crippen LogP contribution in [0.25, 0.3) is 16.6 Å². The lowest BCUT2D eigenvalue weighted by Gasteiger charge is -2.16. The molecule has 0 saturated carbocycles. The van der Waals surface area contributed by atoms with E-state index in [4.69, 9.17) is 14.5 Å². The Morgan fingerprint density at radius 2 is 2.06 bits per heavy atom. The Labute approximate surface area is 204 Å². The second kappa shape index (κ2) is 9.63. The van der Waals surface area contributed by atoms with Gasteiger partial charge in [0.05, 0.1) is 41.9 Å². The maximum atomic E-state index is 13.4. The fourth-order valence-corrected chi connectivity index (χ4v) is 5.08. The van der Waals surface area contributed by atoms with E-state index in [1.807, 2.05) is 19.1 Å². The van der Waals surface area contributed by atoms with Crippen molar-refractivity contribution in [1.29, 1.82) is 0 Å². The van der Waals surface area contributed by atoms with Gasteiger partial charge in [0.1, 0.15) is 5.65 Å². The molecule has 35 heavy (non-hydrogen) atoms. The van der Waals surface area contributed by atoms with Crippen molar-refractivity contribution in [2.75, 3.05) is 13.7 Å². The predicted octanol–water partition coefficient (Wildman–Crippen LogP) is 2.97. The maximum absolute atomic E-state index is 13.4. The van der Waals surface area contributed by atoms with Crippen molar-refractivity contribution in [1.82, 2.24) is 18.9 Å². The molecule has 0 bridgehead atoms. The van der Waals surface area contributed by atoms with Crippen LogP contribution in [-0.4, -0.2) is 44.7 Å². The Morgan fingerprint density at radius 3 is 2.83 bits per heavy atom. The van der Waals surface area contributed by atoms with Crippen molar-refractivity contribution in [3.63, 3.8) is 0 Å². The fourth-order valence-electron chi connectivity index (χ4n) is 4.17. The van der Waals surface area contributed by atoms with Crippen molar-refractivity contribution < 1.29 is 14.3 Å². The number of rotatable bonds is 6. The van der Waals surface area contributed by atoms with E-state index < -0.39 is 5.97 Å². The number of methoxy groups -OCH3 is 1. The molecule has 1 saturated heterocycles. The molecule has 0 amide bonds. The highest BCUT2D eigenvalue weighted by molar-refractivity contribution is 7.98. The quantitative estimate of drug-likeness (QED) is 0.230. The number of pyridine rings is 1. The molecule has 5 rings (SSSR count). The zero-order valence-electron chi connectivity index (χ0n) is 19.4. The summed E-state index contributed by atoms with van der Waals surface area (Å²) in [5, 5.41) is 0.892. The topological polar surface area (TPSA) is 105 Å². The number of hydrogen-bond donors (Lipinski definition) is 0. The Balaban J connectivity index is 1.54. The maximum Gasteiger partial charge on any atom is 0.337 e. The summed E-state index contributed by atoms with van der Waals surface area (Å²) in [4.78, 5) is 47.3. The summed E-state index contributed by atoms with van der Waals surface area (Å²) < 4.78 is 13.7. The van der Waals surface area contributed by atoms with E-state index in [0.717, 1.165) is 18.4 Å². The molecule has 0 N–H and O–H groups in total. The molecule has 0 spiro atoms. The molecule has 1 atom stereocenters. The lowest BCUT2D eigenvalue weighted by atomic mass is 10.1. The van der Waals surface area contributed by atoms with Crippen LogP contribution in [0.5, 0.6) is 0 Å². The Bertz CT molecular complexity index is 1560. The van der Waals surface area contributed by atoms with Crippen molar-refractivity contribution in [2.45, 2.75) is 43.3 Å². The van der Waals surface area contributed by atoms with Crippen molar-refractivity contribution in [2.24, 2.45) is 0 Å². The van der Waals surface area contributed by atoms with Gasteiger partial charge in [-0.1, -0.05) is 11.8 Å². The molecule has 3 aromatic heterocycles. The Kier molecular flexibility index (Phi) is 6.40. The molecular formula is C25H24N4O5S. The highest BCUT2D eigenvalue weighted by Gasteiger charge is 2.21. The number of fused-ring (bicyclic) bond motifs is 2. The van der Waals surface area contributed by atoms with Gasteiger partial charge in [-0.3, -0.25) is 18.6 Å². The van der Waals surface area contributed by atoms with E-state index in [1.165, 1.54) is 29.3 Å². The van der Waals surface area contributed by atoms with Gasteiger partial charge in [0.15, 0.2) is 5.16 Å². The highest BCUT2D eigenvalue weighted by Crippen LogP contribution is 2.24. The minimum absolute atomic E-state index is 0.0629. The van der Waals surface area contributed by atoms with E-state index in [9.17, 15) is 14.4 Å². The highest BCUT2D eigenvalue weighted by atomic mass is 32.2. The second-order valence-corrected chi connectivity index (χ2v) is 9.42. The molecular weight excluding hydrogens is 468 g/mol. The number of nitrogens with zero attached hydrogens (tertiary/aromatic N) is 4. The van der Waals surface area contributed by atoms with Crippen LogP contribution >= 0.6 is 11.8 Å². The van der Waals surface area contributed by atoms with Gasteiger partial charge in [-0.25, -0.2) is 14.8 Å². The third kappa shape index (κ3) is 4.71. The first kappa shape index (κ1) is 23.3. The normalized spacial score (nSPS) is 15.7. The van der Waals surface area contributed by atoms with E-state index in [2.05, 4.69) is 4.98 Å². The van der Waals surface area contributed by atoms with Crippen LogP contribution in [0.2, 0.25) is 0 Å². The predicted molar refractivity (Wildman–Crippen MR) is 132 cm³/mol. The first-order valence-electron chi connectivity index (χ1n) is 11.3. The number of aryl methyl sites for hydroxylation is 1. The lowest BCUT2D eigenvalue weighted by molar-refractivity contribution is 0.0601. The summed E-state index contributed by atoms with van der Waals surface area (Å²) in [6.45, 7) is 3.00. The second-order valence-electron chi connectivity index (χ2n) is 8.48. The molecule has 4 heterocycles. The summed E-state index contributed by atoms with van der Waals surface area (Å²) in [6.07, 6.45) is 3.47. The summed E-state index contributed by atoms with van der Waals surface area (Å²) in [6, 6.07) is 9.93. The molecule has 1 aliphatic rings. The number of thioether (sulfide) groups is 1. The molecule has 9 nitrogen and oxygen atoms in total. The molecule has 1 fully saturated rings. The molecule has 1 aromatic carbocycles. The average molecular weight is 493 g/mol. The van der Waals surface area contributed by atoms with Crippen LogP contribution in [0.1, 0.15) is 34.5 Å². The third-order valence-electron chi connectivity index (χ3n) is 5.98. The van der Waals surface area contributed by atoms with Crippen LogP contribution < -0.4 is 11.1 Å². The number of aromatic nitrogens is 4. The van der Waals surface area contributed by atoms with Crippen LogP contribution in [0, 0.1) is 6.92 Å². The largest absolute Gasteiger partial charge is 0.465 e. The molecule has 10 heteroatoms. The van der Waals surface area contributed by atoms with Gasteiger partial charge < -0.3 is 9.47 Å². The standard InChI is InChI=1S/C25H24N4O5S/c1-15-7-8-28-21(10-15)26-17(12-22(28)30)14-35-25-27-20-11-16(24(32)33-2)5-6-19(20)23(31)29(25)13-18-4-3-9-34-18/h5-8,10-12,18H,3-4,9,13-14H2,1-2H3. The zero-order chi connectivity index (χ0) is 24.5. The van der Waals surface area contributed by atoms with Gasteiger partial charge in [-0.05, 0) is 55.7 Å². The van der Waals surface area contributed by atoms with Gasteiger partial charge in [0.25, 0.3) is 11.1 Å². The molecule has 0 aliphatic carbocycles. The first-order valence-corrected chi connectivity index (χ1v) is 12.3. The number of carbonyl (C=O) groups is 1. The Hall–Kier alpha value is -3.50. The molecule has 4 aromatic rings. The first-order chi connectivity index (χ1) is 16.9. The number of benzene rings is 1. The van der Waals surface area contributed by atoms with E-state index in [-0.39, 0.29) is 17.2 Å². The van der Waals surface area contributed by atoms with Crippen LogP contribution in [0.3, 0.4) is 0 Å². The lowest BCUT2D eigenvalue weighted by Crippen LogP contribution is -2.29. The monoisotopic (exact) mass is 492 g/mol. The van der Waals surface area contributed by atoms with Crippen LogP contribution in [0.4, 0.5) is 0 Å². The van der Waals surface area contributed by atoms with E-state index in [0.29, 0.717) is 51.9 Å². The van der Waals surface area contributed by atoms with Crippen LogP contribution in [0.15, 0.2) is 57.3 Å². The summed E-state index contributed by atoms with van der Waals surface area (Å²) in [7, 11) is 1.31. The summed E-state index contributed by atoms with van der Waals surface area (Å²) in [5.74, 6) is -0.151. The number of esters is 1. The van der Waals surface area contributed by atoms with Gasteiger partial charge in [-0.15, -0.1) is 0 Å². The molecule has 1 aliphatic heterocycles. The van der Waals surface area contributed by atoms with Crippen molar-refractivity contribution in [3.8, 4) is 0 Å². The Morgan fingerprint density at radius 1 is 1.20 bits per heavy atom. The van der Waals surface area contributed by atoms with Crippen LogP contribution in [-0.2, 0) is 21.8 Å². The minimum atomic E-state index is -0.498. The van der Waals surface area contributed by atoms with Gasteiger partial charge in [0.2, 0.25) is 0 Å². The summed E-state index contributed by atoms with van der Waals surface area (Å²) in [5.41, 5.74) is 2.52. The van der Waals surface area contributed by atoms with Crippen molar-refractivity contribution in [3.05, 3.63) is 80.1 Å². The number of ether oxygens (including phenoxy) is 2. The fraction of sp³-hybridized carbons (Fsp3) is 0.320. The summed E-state index contributed by atoms with van der Waals surface area (Å²) >= 11 is 1.32. The molecule has 1 unspecified atom stereocenters. The number of hydrogen-bond acceptors (Lipinski definition) is 8.